The summed E-state index contributed by atoms with van der Waals surface area (Å²) in [6.45, 7) is 8.29. The van der Waals surface area contributed by atoms with Gasteiger partial charge in [-0.2, -0.15) is 0 Å². The Morgan fingerprint density at radius 2 is 1.45 bits per heavy atom. The second-order valence-electron chi connectivity index (χ2n) is 8.62. The van der Waals surface area contributed by atoms with Gasteiger partial charge in [0.25, 0.3) is 0 Å². The Hall–Kier alpha value is -2.76. The summed E-state index contributed by atoms with van der Waals surface area (Å²) in [5, 5.41) is 3.54. The summed E-state index contributed by atoms with van der Waals surface area (Å²) < 4.78 is 18.6. The average molecular weight is 385 g/mol. The van der Waals surface area contributed by atoms with Gasteiger partial charge in [0.1, 0.15) is 0 Å². The molecule has 3 aromatic carbocycles. The van der Waals surface area contributed by atoms with Crippen LogP contribution in [-0.4, -0.2) is 18.3 Å². The van der Waals surface area contributed by atoms with E-state index in [-0.39, 0.29) is 18.3 Å². The van der Waals surface area contributed by atoms with Crippen molar-refractivity contribution in [2.45, 2.75) is 38.9 Å². The third kappa shape index (κ3) is 3.02. The zero-order valence-electron chi connectivity index (χ0n) is 17.2. The molecule has 2 aliphatic rings. The molecule has 0 aromatic heterocycles. The number of para-hydroxylation sites is 3. The van der Waals surface area contributed by atoms with E-state index in [9.17, 15) is 0 Å². The summed E-state index contributed by atoms with van der Waals surface area (Å²) in [6.07, 6.45) is 0. The molecule has 2 heterocycles. The maximum atomic E-state index is 6.24. The molecule has 3 aromatic rings. The minimum absolute atomic E-state index is 0.362. The predicted molar refractivity (Wildman–Crippen MR) is 117 cm³/mol. The van der Waals surface area contributed by atoms with Crippen LogP contribution >= 0.6 is 0 Å². The Balaban J connectivity index is 1.52. The van der Waals surface area contributed by atoms with E-state index in [1.54, 1.807) is 0 Å². The van der Waals surface area contributed by atoms with Crippen LogP contribution in [0.2, 0.25) is 0 Å². The highest BCUT2D eigenvalue weighted by Crippen LogP contribution is 2.46. The first-order valence-electron chi connectivity index (χ1n) is 9.97. The second-order valence-corrected chi connectivity index (χ2v) is 8.62. The van der Waals surface area contributed by atoms with Crippen LogP contribution in [0.25, 0.3) is 11.1 Å². The van der Waals surface area contributed by atoms with Crippen molar-refractivity contribution in [3.05, 3.63) is 66.7 Å². The van der Waals surface area contributed by atoms with Crippen molar-refractivity contribution in [2.24, 2.45) is 0 Å². The van der Waals surface area contributed by atoms with Crippen LogP contribution < -0.4 is 15.5 Å². The van der Waals surface area contributed by atoms with E-state index in [4.69, 9.17) is 14.0 Å². The maximum Gasteiger partial charge on any atom is 0.494 e. The maximum absolute atomic E-state index is 6.24. The number of hydrogen-bond donors (Lipinski definition) is 1. The van der Waals surface area contributed by atoms with Crippen molar-refractivity contribution in [3.8, 4) is 22.6 Å². The van der Waals surface area contributed by atoms with Crippen LogP contribution in [0.3, 0.4) is 0 Å². The monoisotopic (exact) mass is 385 g/mol. The van der Waals surface area contributed by atoms with Gasteiger partial charge in [0.15, 0.2) is 11.5 Å². The zero-order valence-corrected chi connectivity index (χ0v) is 17.2. The Bertz CT molecular complexity index is 1080. The fraction of sp³-hybridized carbons (Fsp3) is 0.250. The van der Waals surface area contributed by atoms with Crippen LogP contribution in [0.1, 0.15) is 27.7 Å². The molecule has 0 unspecified atom stereocenters. The van der Waals surface area contributed by atoms with Crippen molar-refractivity contribution in [3.63, 3.8) is 0 Å². The topological polar surface area (TPSA) is 39.7 Å². The zero-order chi connectivity index (χ0) is 20.2. The second kappa shape index (κ2) is 6.38. The van der Waals surface area contributed by atoms with Gasteiger partial charge in [-0.1, -0.05) is 48.5 Å². The molecule has 1 saturated heterocycles. The van der Waals surface area contributed by atoms with Gasteiger partial charge >= 0.3 is 7.12 Å². The van der Waals surface area contributed by atoms with Gasteiger partial charge in [0.05, 0.1) is 22.6 Å². The molecule has 4 nitrogen and oxygen atoms in total. The molecule has 2 aliphatic heterocycles. The smallest absolute Gasteiger partial charge is 0.453 e. The minimum Gasteiger partial charge on any atom is -0.453 e. The standard InChI is InChI=1S/C24H24BNO3/c1-23(2)24(3,4)29-25(28-23)17-10-7-9-16(15-17)18-11-8-14-21-22(18)26-19-12-5-6-13-20(19)27-21/h5-15,26H,1-4H3. The lowest BCUT2D eigenvalue weighted by Gasteiger charge is -2.32. The highest BCUT2D eigenvalue weighted by molar-refractivity contribution is 6.62. The first kappa shape index (κ1) is 18.3. The Morgan fingerprint density at radius 3 is 2.24 bits per heavy atom. The van der Waals surface area contributed by atoms with Gasteiger partial charge in [0, 0.05) is 5.56 Å². The molecule has 0 saturated carbocycles. The molecule has 5 rings (SSSR count). The number of anilines is 2. The summed E-state index contributed by atoms with van der Waals surface area (Å²) in [5.41, 5.74) is 4.39. The van der Waals surface area contributed by atoms with Gasteiger partial charge in [-0.3, -0.25) is 0 Å². The third-order valence-electron chi connectivity index (χ3n) is 6.12. The average Bonchev–Trinajstić information content (AvgIpc) is 2.93. The van der Waals surface area contributed by atoms with Crippen LogP contribution in [0.5, 0.6) is 11.5 Å². The van der Waals surface area contributed by atoms with Crippen LogP contribution in [-0.2, 0) is 9.31 Å². The van der Waals surface area contributed by atoms with Gasteiger partial charge in [0.2, 0.25) is 0 Å². The van der Waals surface area contributed by atoms with Gasteiger partial charge in [-0.05, 0) is 56.9 Å². The molecule has 29 heavy (non-hydrogen) atoms. The lowest BCUT2D eigenvalue weighted by molar-refractivity contribution is 0.00578. The molecule has 0 atom stereocenters. The van der Waals surface area contributed by atoms with E-state index in [0.29, 0.717) is 0 Å². The molecule has 0 amide bonds. The summed E-state index contributed by atoms with van der Waals surface area (Å²) in [5.74, 6) is 1.66. The molecule has 0 radical (unpaired) electrons. The van der Waals surface area contributed by atoms with Crippen molar-refractivity contribution < 1.29 is 14.0 Å². The normalized spacial score (nSPS) is 18.4. The number of fused-ring (bicyclic) bond motifs is 2. The van der Waals surface area contributed by atoms with Gasteiger partial charge < -0.3 is 19.4 Å². The Labute approximate surface area is 172 Å². The fourth-order valence-electron chi connectivity index (χ4n) is 3.73. The van der Waals surface area contributed by atoms with Crippen molar-refractivity contribution >= 4 is 24.0 Å². The first-order chi connectivity index (χ1) is 13.8. The lowest BCUT2D eigenvalue weighted by atomic mass is 9.78. The molecule has 0 bridgehead atoms. The molecular formula is C24H24BNO3. The lowest BCUT2D eigenvalue weighted by Crippen LogP contribution is -2.41. The number of benzene rings is 3. The highest BCUT2D eigenvalue weighted by Gasteiger charge is 2.51. The number of nitrogens with one attached hydrogen (secondary N) is 1. The molecule has 0 spiro atoms. The van der Waals surface area contributed by atoms with Crippen molar-refractivity contribution in [1.82, 2.24) is 0 Å². The highest BCUT2D eigenvalue weighted by atomic mass is 16.7. The van der Waals surface area contributed by atoms with E-state index >= 15 is 0 Å². The summed E-state index contributed by atoms with van der Waals surface area (Å²) in [4.78, 5) is 0. The quantitative estimate of drug-likeness (QED) is 0.463. The fourth-order valence-corrected chi connectivity index (χ4v) is 3.73. The van der Waals surface area contributed by atoms with E-state index in [2.05, 4.69) is 57.3 Å². The third-order valence-corrected chi connectivity index (χ3v) is 6.12. The Kier molecular flexibility index (Phi) is 4.02. The SMILES string of the molecule is CC1(C)OB(c2cccc(-c3cccc4c3Nc3ccccc3O4)c2)OC1(C)C. The molecule has 0 aliphatic carbocycles. The predicted octanol–water partition coefficient (Wildman–Crippen LogP) is 5.50. The molecule has 146 valence electrons. The van der Waals surface area contributed by atoms with Crippen LogP contribution in [0.4, 0.5) is 11.4 Å². The van der Waals surface area contributed by atoms with E-state index < -0.39 is 0 Å². The summed E-state index contributed by atoms with van der Waals surface area (Å²) >= 11 is 0. The van der Waals surface area contributed by atoms with Crippen molar-refractivity contribution in [2.75, 3.05) is 5.32 Å². The van der Waals surface area contributed by atoms with Crippen LogP contribution in [0, 0.1) is 0 Å². The molecule has 1 N–H and O–H groups in total. The molecule has 1 fully saturated rings. The van der Waals surface area contributed by atoms with Gasteiger partial charge in [-0.15, -0.1) is 0 Å². The Morgan fingerprint density at radius 1 is 0.759 bits per heavy atom. The summed E-state index contributed by atoms with van der Waals surface area (Å²) in [6, 6.07) is 22.4. The molecular weight excluding hydrogens is 361 g/mol. The van der Waals surface area contributed by atoms with Gasteiger partial charge in [-0.25, -0.2) is 0 Å². The van der Waals surface area contributed by atoms with E-state index in [0.717, 1.165) is 39.5 Å². The number of hydrogen-bond acceptors (Lipinski definition) is 4. The number of ether oxygens (including phenoxy) is 1. The van der Waals surface area contributed by atoms with E-state index in [1.165, 1.54) is 0 Å². The molecule has 5 heteroatoms. The minimum atomic E-state index is -0.385. The van der Waals surface area contributed by atoms with Crippen molar-refractivity contribution in [1.29, 1.82) is 0 Å². The van der Waals surface area contributed by atoms with Crippen LogP contribution in [0.15, 0.2) is 66.7 Å². The first-order valence-corrected chi connectivity index (χ1v) is 9.97. The van der Waals surface area contributed by atoms with E-state index in [1.807, 2.05) is 42.5 Å². The summed E-state index contributed by atoms with van der Waals surface area (Å²) in [7, 11) is -0.385. The number of rotatable bonds is 2. The largest absolute Gasteiger partial charge is 0.494 e.